The number of likely N-dealkylation sites (N-methyl/N-ethyl adjacent to an activating group) is 1. The van der Waals surface area contributed by atoms with Crippen molar-refractivity contribution < 1.29 is 43.6 Å². The van der Waals surface area contributed by atoms with Crippen LogP contribution >= 0.6 is 0 Å². The van der Waals surface area contributed by atoms with Crippen molar-refractivity contribution in [2.75, 3.05) is 33.9 Å². The average Bonchev–Trinajstić information content (AvgIpc) is 2.87. The van der Waals surface area contributed by atoms with Crippen molar-refractivity contribution in [1.29, 1.82) is 0 Å². The minimum absolute atomic E-state index is 0.0432. The Morgan fingerprint density at radius 1 is 1.10 bits per heavy atom. The van der Waals surface area contributed by atoms with Gasteiger partial charge in [-0.2, -0.15) is 0 Å². The van der Waals surface area contributed by atoms with Gasteiger partial charge in [-0.05, 0) is 38.7 Å². The van der Waals surface area contributed by atoms with Gasteiger partial charge < -0.3 is 38.9 Å². The van der Waals surface area contributed by atoms with Gasteiger partial charge in [-0.15, -0.1) is 0 Å². The van der Waals surface area contributed by atoms with Crippen LogP contribution in [0.5, 0.6) is 0 Å². The molecule has 0 aromatic heterocycles. The highest BCUT2D eigenvalue weighted by molar-refractivity contribution is 5.67. The molecule has 0 aromatic carbocycles. The van der Waals surface area contributed by atoms with Crippen LogP contribution in [-0.2, 0) is 28.6 Å². The van der Waals surface area contributed by atoms with Crippen LogP contribution in [0.25, 0.3) is 0 Å². The van der Waals surface area contributed by atoms with Crippen molar-refractivity contribution >= 4 is 24.6 Å². The number of esters is 1. The Bertz CT molecular complexity index is 850. The molecule has 10 heteroatoms. The second kappa shape index (κ2) is 19.3. The molecule has 0 bridgehead atoms. The normalized spacial score (nSPS) is 17.6. The van der Waals surface area contributed by atoms with Gasteiger partial charge in [-0.3, -0.25) is 4.79 Å². The summed E-state index contributed by atoms with van der Waals surface area (Å²) in [6.45, 7) is 9.37. The summed E-state index contributed by atoms with van der Waals surface area (Å²) in [5, 5.41) is 20.7. The van der Waals surface area contributed by atoms with Crippen LogP contribution in [0.3, 0.4) is 0 Å². The Labute approximate surface area is 232 Å². The van der Waals surface area contributed by atoms with Crippen LogP contribution in [0.1, 0.15) is 53.9 Å². The van der Waals surface area contributed by atoms with Gasteiger partial charge in [-0.25, -0.2) is 4.79 Å². The van der Waals surface area contributed by atoms with Crippen LogP contribution in [0, 0.1) is 17.8 Å². The molecule has 0 radical (unpaired) electrons. The van der Waals surface area contributed by atoms with E-state index < -0.39 is 35.8 Å². The van der Waals surface area contributed by atoms with Crippen LogP contribution in [-0.4, -0.2) is 91.5 Å². The van der Waals surface area contributed by atoms with Gasteiger partial charge in [0.15, 0.2) is 0 Å². The lowest BCUT2D eigenvalue weighted by atomic mass is 9.86. The number of methoxy groups -OCH3 is 1. The van der Waals surface area contributed by atoms with Gasteiger partial charge in [0.05, 0.1) is 19.3 Å². The summed E-state index contributed by atoms with van der Waals surface area (Å²) >= 11 is 0. The lowest BCUT2D eigenvalue weighted by Gasteiger charge is -2.31. The summed E-state index contributed by atoms with van der Waals surface area (Å²) in [6.07, 6.45) is 8.10. The van der Waals surface area contributed by atoms with E-state index in [1.165, 1.54) is 18.7 Å². The topological polar surface area (TPSA) is 140 Å². The molecule has 222 valence electrons. The predicted octanol–water partition coefficient (Wildman–Crippen LogP) is 3.26. The Balaban J connectivity index is 5.23. The molecule has 0 unspecified atom stereocenters. The fourth-order valence-electron chi connectivity index (χ4n) is 3.62. The van der Waals surface area contributed by atoms with Gasteiger partial charge in [0.1, 0.15) is 24.3 Å². The molecule has 0 fully saturated rings. The van der Waals surface area contributed by atoms with Crippen molar-refractivity contribution in [2.45, 2.75) is 71.7 Å². The van der Waals surface area contributed by atoms with E-state index in [1.54, 1.807) is 26.3 Å². The first-order valence-corrected chi connectivity index (χ1v) is 13.2. The lowest BCUT2D eigenvalue weighted by molar-refractivity contribution is -0.156. The Hall–Kier alpha value is -2.82. The number of aldehydes is 2. The number of aliphatic hydroxyl groups is 2. The summed E-state index contributed by atoms with van der Waals surface area (Å²) in [4.78, 5) is 47.5. The van der Waals surface area contributed by atoms with Gasteiger partial charge in [0.2, 0.25) is 0 Å². The van der Waals surface area contributed by atoms with E-state index >= 15 is 0 Å². The molecule has 10 nitrogen and oxygen atoms in total. The number of hydrogen-bond acceptors (Lipinski definition) is 9. The molecule has 0 aliphatic rings. The van der Waals surface area contributed by atoms with Gasteiger partial charge in [0, 0.05) is 45.9 Å². The fourth-order valence-corrected chi connectivity index (χ4v) is 3.62. The Morgan fingerprint density at radius 2 is 1.77 bits per heavy atom. The molecular formula is C29H47NO9. The molecule has 0 heterocycles. The molecule has 0 aliphatic carbocycles. The largest absolute Gasteiger partial charge is 0.455 e. The summed E-state index contributed by atoms with van der Waals surface area (Å²) < 4.78 is 15.5. The molecular weight excluding hydrogens is 506 g/mol. The standard InChI is InChI=1S/C29H47NO9/c1-21(20-38-28(35)30(6)16-18-37-7)9-8-10-22(2)26(19-32)23(3)11-12-27(39-24(4)33)29(5,36)15-13-25(34)14-17-31/h8-12,17,19,21,23,25-27,34,36H,13-16,18,20H2,1-7H3/b9-8+,12-11+,22-10+/t21-,23-,25-,26+,27-,29-/m0/s1. The number of nitrogens with zero attached hydrogens (tertiary/aromatic N) is 1. The van der Waals surface area contributed by atoms with Gasteiger partial charge in [-0.1, -0.05) is 43.7 Å². The maximum atomic E-state index is 12.0. The lowest BCUT2D eigenvalue weighted by Crippen LogP contribution is -2.41. The first-order chi connectivity index (χ1) is 18.3. The number of amides is 1. The minimum Gasteiger partial charge on any atom is -0.455 e. The third-order valence-corrected chi connectivity index (χ3v) is 6.30. The Kier molecular flexibility index (Phi) is 17.9. The molecule has 6 atom stereocenters. The molecule has 0 saturated heterocycles. The second-order valence-corrected chi connectivity index (χ2v) is 10.2. The molecule has 0 aliphatic heterocycles. The maximum absolute atomic E-state index is 12.0. The number of ether oxygens (including phenoxy) is 3. The highest BCUT2D eigenvalue weighted by Gasteiger charge is 2.33. The number of hydrogen-bond donors (Lipinski definition) is 2. The monoisotopic (exact) mass is 553 g/mol. The first-order valence-electron chi connectivity index (χ1n) is 13.2. The van der Waals surface area contributed by atoms with Crippen molar-refractivity contribution in [3.8, 4) is 0 Å². The highest BCUT2D eigenvalue weighted by atomic mass is 16.6. The highest BCUT2D eigenvalue weighted by Crippen LogP contribution is 2.25. The van der Waals surface area contributed by atoms with E-state index in [1.807, 2.05) is 39.0 Å². The van der Waals surface area contributed by atoms with Gasteiger partial charge in [0.25, 0.3) is 0 Å². The zero-order valence-electron chi connectivity index (χ0n) is 24.4. The minimum atomic E-state index is -1.49. The predicted molar refractivity (Wildman–Crippen MR) is 148 cm³/mol. The summed E-state index contributed by atoms with van der Waals surface area (Å²) in [5.74, 6) is -1.37. The summed E-state index contributed by atoms with van der Waals surface area (Å²) in [6, 6.07) is 0. The van der Waals surface area contributed by atoms with Gasteiger partial charge >= 0.3 is 12.1 Å². The average molecular weight is 554 g/mol. The van der Waals surface area contributed by atoms with E-state index in [2.05, 4.69) is 0 Å². The van der Waals surface area contributed by atoms with Crippen LogP contribution in [0.2, 0.25) is 0 Å². The van der Waals surface area contributed by atoms with E-state index in [-0.39, 0.29) is 37.7 Å². The van der Waals surface area contributed by atoms with Crippen molar-refractivity contribution in [3.63, 3.8) is 0 Å². The van der Waals surface area contributed by atoms with Crippen molar-refractivity contribution in [3.05, 3.63) is 36.0 Å². The molecule has 2 N–H and O–H groups in total. The molecule has 0 rings (SSSR count). The SMILES string of the molecule is COCCN(C)C(=O)OC[C@@H](C)/C=C/C=C(\C)[C@@H](C=O)[C@@H](C)/C=C/[C@H](OC(C)=O)[C@@](C)(O)CC[C@H](O)CC=O. The first kappa shape index (κ1) is 36.2. The summed E-state index contributed by atoms with van der Waals surface area (Å²) in [7, 11) is 3.20. The number of aliphatic hydroxyl groups excluding tert-OH is 1. The van der Waals surface area contributed by atoms with Crippen molar-refractivity contribution in [1.82, 2.24) is 4.90 Å². The smallest absolute Gasteiger partial charge is 0.409 e. The maximum Gasteiger partial charge on any atom is 0.409 e. The number of carbonyl (C=O) groups is 4. The summed E-state index contributed by atoms with van der Waals surface area (Å²) in [5.41, 5.74) is -0.691. The van der Waals surface area contributed by atoms with Crippen LogP contribution < -0.4 is 0 Å². The molecule has 39 heavy (non-hydrogen) atoms. The zero-order chi connectivity index (χ0) is 30.0. The zero-order valence-corrected chi connectivity index (χ0v) is 24.4. The van der Waals surface area contributed by atoms with E-state index in [0.29, 0.717) is 19.4 Å². The number of rotatable bonds is 19. The second-order valence-electron chi connectivity index (χ2n) is 10.2. The van der Waals surface area contributed by atoms with E-state index in [0.717, 1.165) is 11.9 Å². The van der Waals surface area contributed by atoms with Crippen LogP contribution in [0.15, 0.2) is 36.0 Å². The fraction of sp³-hybridized carbons (Fsp3) is 0.655. The van der Waals surface area contributed by atoms with Crippen LogP contribution in [0.4, 0.5) is 4.79 Å². The molecule has 1 amide bonds. The molecule has 0 spiro atoms. The molecule has 0 saturated carbocycles. The number of carbonyl (C=O) groups excluding carboxylic acids is 4. The van der Waals surface area contributed by atoms with E-state index in [4.69, 9.17) is 14.2 Å². The quantitative estimate of drug-likeness (QED) is 0.107. The van der Waals surface area contributed by atoms with Crippen molar-refractivity contribution in [2.24, 2.45) is 17.8 Å². The third kappa shape index (κ3) is 15.4. The third-order valence-electron chi connectivity index (χ3n) is 6.30. The number of allylic oxidation sites excluding steroid dienone is 4. The molecule has 0 aromatic rings. The van der Waals surface area contributed by atoms with E-state index in [9.17, 15) is 29.4 Å². The Morgan fingerprint density at radius 3 is 2.33 bits per heavy atom.